The molecule has 2 atom stereocenters. The van der Waals surface area contributed by atoms with Gasteiger partial charge in [-0.2, -0.15) is 0 Å². The molecule has 0 spiro atoms. The highest BCUT2D eigenvalue weighted by Crippen LogP contribution is 2.38. The summed E-state index contributed by atoms with van der Waals surface area (Å²) in [5.74, 6) is 0.305. The summed E-state index contributed by atoms with van der Waals surface area (Å²) in [6.07, 6.45) is 1.89. The van der Waals surface area contributed by atoms with E-state index in [1.165, 1.54) is 6.33 Å². The van der Waals surface area contributed by atoms with Crippen LogP contribution in [0.5, 0.6) is 0 Å². The Morgan fingerprint density at radius 2 is 2.35 bits per heavy atom. The van der Waals surface area contributed by atoms with E-state index in [1.807, 2.05) is 0 Å². The molecule has 11 heteroatoms. The van der Waals surface area contributed by atoms with E-state index in [0.29, 0.717) is 24.4 Å². The quantitative estimate of drug-likeness (QED) is 0.430. The number of phosphoric acid groups is 1. The Morgan fingerprint density at radius 1 is 1.65 bits per heavy atom. The first-order valence-electron chi connectivity index (χ1n) is 5.75. The Kier molecular flexibility index (Phi) is 4.43. The van der Waals surface area contributed by atoms with Crippen molar-refractivity contribution in [3.8, 4) is 0 Å². The second-order valence-corrected chi connectivity index (χ2v) is 6.01. The topological polar surface area (TPSA) is 146 Å². The van der Waals surface area contributed by atoms with Crippen molar-refractivity contribution in [2.24, 2.45) is 5.73 Å². The van der Waals surface area contributed by atoms with Crippen molar-refractivity contribution in [3.05, 3.63) is 12.0 Å². The number of phosphoric ester groups is 1. The van der Waals surface area contributed by atoms with Crippen molar-refractivity contribution in [1.29, 1.82) is 0 Å². The van der Waals surface area contributed by atoms with E-state index < -0.39 is 13.9 Å². The number of thiocarbonyl (C=S) groups is 1. The maximum atomic E-state index is 10.6. The number of aromatic nitrogens is 2. The lowest BCUT2D eigenvalue weighted by Gasteiger charge is -2.16. The molecule has 0 bridgehead atoms. The highest BCUT2D eigenvalue weighted by molar-refractivity contribution is 7.80. The summed E-state index contributed by atoms with van der Waals surface area (Å²) in [6.45, 7) is -0.183. The SMILES string of the molecule is NC(=S)c1ncn([C@H]2CC[C@@H](COP(=O)(O)O)O2)c1N. The third-order valence-electron chi connectivity index (χ3n) is 2.89. The van der Waals surface area contributed by atoms with Gasteiger partial charge in [0.25, 0.3) is 0 Å². The normalized spacial score (nSPS) is 23.1. The molecule has 2 heterocycles. The van der Waals surface area contributed by atoms with Crippen LogP contribution in [0.4, 0.5) is 5.82 Å². The van der Waals surface area contributed by atoms with Crippen LogP contribution >= 0.6 is 20.0 Å². The molecule has 1 fully saturated rings. The predicted molar refractivity (Wildman–Crippen MR) is 73.7 cm³/mol. The fourth-order valence-electron chi connectivity index (χ4n) is 1.98. The van der Waals surface area contributed by atoms with Gasteiger partial charge in [-0.15, -0.1) is 0 Å². The number of hydrogen-bond donors (Lipinski definition) is 4. The molecule has 1 aromatic heterocycles. The van der Waals surface area contributed by atoms with Gasteiger partial charge in [0.15, 0.2) is 0 Å². The number of anilines is 1. The molecular weight excluding hydrogens is 307 g/mol. The Labute approximate surface area is 120 Å². The largest absolute Gasteiger partial charge is 0.469 e. The summed E-state index contributed by atoms with van der Waals surface area (Å²) in [5, 5.41) is 0. The van der Waals surface area contributed by atoms with Gasteiger partial charge in [-0.05, 0) is 12.8 Å². The minimum Gasteiger partial charge on any atom is -0.388 e. The summed E-state index contributed by atoms with van der Waals surface area (Å²) < 4.78 is 22.2. The van der Waals surface area contributed by atoms with Crippen LogP contribution in [0.3, 0.4) is 0 Å². The number of nitrogen functional groups attached to an aromatic ring is 1. The molecule has 0 aliphatic carbocycles. The molecule has 1 aromatic rings. The standard InChI is InChI=1S/C9H15N4O5PS/c10-8-7(9(11)20)12-4-13(8)6-2-1-5(18-6)3-17-19(14,15)16/h4-6H,1-3,10H2,(H2,11,20)(H2,14,15,16)/t5-,6+/m0/s1. The van der Waals surface area contributed by atoms with Gasteiger partial charge in [-0.25, -0.2) is 9.55 Å². The van der Waals surface area contributed by atoms with Gasteiger partial charge in [0.2, 0.25) is 0 Å². The summed E-state index contributed by atoms with van der Waals surface area (Å²) >= 11 is 4.82. The molecule has 2 rings (SSSR count). The second-order valence-electron chi connectivity index (χ2n) is 4.33. The van der Waals surface area contributed by atoms with Gasteiger partial charge in [-0.1, -0.05) is 12.2 Å². The molecule has 0 saturated carbocycles. The van der Waals surface area contributed by atoms with E-state index in [2.05, 4.69) is 9.51 Å². The fourth-order valence-corrected chi connectivity index (χ4v) is 2.50. The average molecular weight is 322 g/mol. The zero-order chi connectivity index (χ0) is 14.9. The fraction of sp³-hybridized carbons (Fsp3) is 0.556. The Morgan fingerprint density at radius 3 is 2.90 bits per heavy atom. The van der Waals surface area contributed by atoms with E-state index in [4.69, 9.17) is 38.2 Å². The van der Waals surface area contributed by atoms with E-state index in [0.717, 1.165) is 0 Å². The van der Waals surface area contributed by atoms with E-state index >= 15 is 0 Å². The van der Waals surface area contributed by atoms with Crippen molar-refractivity contribution >= 4 is 30.8 Å². The molecule has 9 nitrogen and oxygen atoms in total. The summed E-state index contributed by atoms with van der Waals surface area (Å²) in [5.41, 5.74) is 11.7. The van der Waals surface area contributed by atoms with Gasteiger partial charge in [-0.3, -0.25) is 9.09 Å². The first-order chi connectivity index (χ1) is 9.28. The van der Waals surface area contributed by atoms with E-state index in [1.54, 1.807) is 4.57 Å². The molecule has 1 aliphatic rings. The number of nitrogens with zero attached hydrogens (tertiary/aromatic N) is 2. The predicted octanol–water partition coefficient (Wildman–Crippen LogP) is -0.114. The van der Waals surface area contributed by atoms with Crippen molar-refractivity contribution in [3.63, 3.8) is 0 Å². The molecular formula is C9H15N4O5PS. The van der Waals surface area contributed by atoms with Crippen LogP contribution in [-0.4, -0.2) is 37.0 Å². The molecule has 1 saturated heterocycles. The lowest BCUT2D eigenvalue weighted by atomic mass is 10.2. The van der Waals surface area contributed by atoms with Gasteiger partial charge in [0.1, 0.15) is 22.7 Å². The minimum absolute atomic E-state index is 0.0978. The zero-order valence-corrected chi connectivity index (χ0v) is 12.1. The lowest BCUT2D eigenvalue weighted by molar-refractivity contribution is -0.0211. The molecule has 112 valence electrons. The van der Waals surface area contributed by atoms with Gasteiger partial charge < -0.3 is 26.0 Å². The van der Waals surface area contributed by atoms with Crippen LogP contribution < -0.4 is 11.5 Å². The van der Waals surface area contributed by atoms with Gasteiger partial charge in [0, 0.05) is 0 Å². The van der Waals surface area contributed by atoms with Crippen LogP contribution in [0.15, 0.2) is 6.33 Å². The average Bonchev–Trinajstić information content (AvgIpc) is 2.91. The maximum Gasteiger partial charge on any atom is 0.469 e. The summed E-state index contributed by atoms with van der Waals surface area (Å²) in [7, 11) is -4.49. The monoisotopic (exact) mass is 322 g/mol. The number of rotatable bonds is 5. The number of ether oxygens (including phenoxy) is 1. The summed E-state index contributed by atoms with van der Waals surface area (Å²) in [6, 6.07) is 0. The number of hydrogen-bond acceptors (Lipinski definition) is 6. The van der Waals surface area contributed by atoms with Crippen LogP contribution in [-0.2, 0) is 13.8 Å². The van der Waals surface area contributed by atoms with Crippen LogP contribution in [0, 0.1) is 0 Å². The van der Waals surface area contributed by atoms with Gasteiger partial charge in [0.05, 0.1) is 19.0 Å². The van der Waals surface area contributed by atoms with Crippen molar-refractivity contribution in [1.82, 2.24) is 9.55 Å². The minimum atomic E-state index is -4.49. The van der Waals surface area contributed by atoms with E-state index in [-0.39, 0.29) is 17.8 Å². The van der Waals surface area contributed by atoms with Crippen LogP contribution in [0.25, 0.3) is 0 Å². The van der Waals surface area contributed by atoms with E-state index in [9.17, 15) is 4.57 Å². The van der Waals surface area contributed by atoms with Crippen LogP contribution in [0.1, 0.15) is 24.8 Å². The molecule has 0 amide bonds. The lowest BCUT2D eigenvalue weighted by Crippen LogP contribution is -2.18. The Balaban J connectivity index is 1.99. The first kappa shape index (κ1) is 15.4. The molecule has 0 unspecified atom stereocenters. The maximum absolute atomic E-state index is 10.6. The molecule has 20 heavy (non-hydrogen) atoms. The molecule has 6 N–H and O–H groups in total. The number of imidazole rings is 1. The summed E-state index contributed by atoms with van der Waals surface area (Å²) in [4.78, 5) is 21.4. The Bertz CT molecular complexity index is 559. The third-order valence-corrected chi connectivity index (χ3v) is 3.57. The Hall–Kier alpha value is -1.03. The molecule has 0 aromatic carbocycles. The molecule has 0 radical (unpaired) electrons. The van der Waals surface area contributed by atoms with Crippen LogP contribution in [0.2, 0.25) is 0 Å². The molecule has 1 aliphatic heterocycles. The van der Waals surface area contributed by atoms with Crippen molar-refractivity contribution in [2.75, 3.05) is 12.3 Å². The zero-order valence-electron chi connectivity index (χ0n) is 10.4. The van der Waals surface area contributed by atoms with Gasteiger partial charge >= 0.3 is 7.82 Å². The van der Waals surface area contributed by atoms with Crippen molar-refractivity contribution in [2.45, 2.75) is 25.2 Å². The highest BCUT2D eigenvalue weighted by Gasteiger charge is 2.30. The number of nitrogens with two attached hydrogens (primary N) is 2. The third kappa shape index (κ3) is 3.54. The second kappa shape index (κ2) is 5.76. The first-order valence-corrected chi connectivity index (χ1v) is 7.69. The smallest absolute Gasteiger partial charge is 0.388 e. The van der Waals surface area contributed by atoms with Crippen molar-refractivity contribution < 1.29 is 23.6 Å². The highest BCUT2D eigenvalue weighted by atomic mass is 32.1.